The lowest BCUT2D eigenvalue weighted by molar-refractivity contribution is 1.16. The maximum atomic E-state index is 9.19. The molecule has 0 saturated heterocycles. The van der Waals surface area contributed by atoms with Crippen LogP contribution in [0.3, 0.4) is 0 Å². The Kier molecular flexibility index (Phi) is 1.72. The standard InChI is InChI=1S/C13H9N3/c1-9-3-5-16-12(6-9)10-2-4-15-8-11(10)13(16)7-14/h2-6,8H,1H3. The van der Waals surface area contributed by atoms with Crippen LogP contribution >= 0.6 is 0 Å². The van der Waals surface area contributed by atoms with Crippen molar-refractivity contribution < 1.29 is 0 Å². The van der Waals surface area contributed by atoms with Crippen molar-refractivity contribution in [2.24, 2.45) is 0 Å². The number of nitrogens with zero attached hydrogens (tertiary/aromatic N) is 3. The van der Waals surface area contributed by atoms with Crippen molar-refractivity contribution in [1.29, 1.82) is 5.26 Å². The van der Waals surface area contributed by atoms with E-state index >= 15 is 0 Å². The molecule has 0 atom stereocenters. The third-order valence-electron chi connectivity index (χ3n) is 2.81. The minimum atomic E-state index is 0.651. The fraction of sp³-hybridized carbons (Fsp3) is 0.0769. The SMILES string of the molecule is Cc1ccn2c(C#N)c3cnccc3c2c1. The first kappa shape index (κ1) is 8.93. The second-order valence-electron chi connectivity index (χ2n) is 3.84. The van der Waals surface area contributed by atoms with E-state index in [4.69, 9.17) is 0 Å². The average molecular weight is 207 g/mol. The summed E-state index contributed by atoms with van der Waals surface area (Å²) in [5, 5.41) is 11.2. The van der Waals surface area contributed by atoms with Crippen molar-refractivity contribution in [2.75, 3.05) is 0 Å². The topological polar surface area (TPSA) is 41.1 Å². The maximum Gasteiger partial charge on any atom is 0.134 e. The molecule has 16 heavy (non-hydrogen) atoms. The molecule has 0 unspecified atom stereocenters. The smallest absolute Gasteiger partial charge is 0.134 e. The molecule has 3 rings (SSSR count). The lowest BCUT2D eigenvalue weighted by Crippen LogP contribution is -1.87. The van der Waals surface area contributed by atoms with Crippen LogP contribution in [0.15, 0.2) is 36.8 Å². The zero-order valence-electron chi connectivity index (χ0n) is 8.81. The molecular formula is C13H9N3. The Hall–Kier alpha value is -2.34. The Labute approximate surface area is 92.6 Å². The van der Waals surface area contributed by atoms with Crippen LogP contribution in [0.1, 0.15) is 11.3 Å². The number of hydrogen-bond acceptors (Lipinski definition) is 2. The Morgan fingerprint density at radius 2 is 2.19 bits per heavy atom. The molecule has 3 nitrogen and oxygen atoms in total. The second-order valence-corrected chi connectivity index (χ2v) is 3.84. The van der Waals surface area contributed by atoms with Crippen LogP contribution in [0.2, 0.25) is 0 Å². The van der Waals surface area contributed by atoms with Crippen LogP contribution in [-0.4, -0.2) is 9.38 Å². The second kappa shape index (κ2) is 3.07. The minimum absolute atomic E-state index is 0.651. The Bertz CT molecular complexity index is 732. The van der Waals surface area contributed by atoms with Crippen LogP contribution in [0.4, 0.5) is 0 Å². The molecule has 0 aromatic carbocycles. The van der Waals surface area contributed by atoms with E-state index in [0.29, 0.717) is 5.69 Å². The van der Waals surface area contributed by atoms with E-state index < -0.39 is 0 Å². The molecule has 0 aliphatic carbocycles. The van der Waals surface area contributed by atoms with Gasteiger partial charge in [0.05, 0.1) is 5.52 Å². The van der Waals surface area contributed by atoms with E-state index in [1.807, 2.05) is 29.7 Å². The highest BCUT2D eigenvalue weighted by Gasteiger charge is 2.10. The molecule has 3 aromatic rings. The van der Waals surface area contributed by atoms with Crippen LogP contribution < -0.4 is 0 Å². The molecule has 0 N–H and O–H groups in total. The molecule has 0 radical (unpaired) electrons. The fourth-order valence-electron chi connectivity index (χ4n) is 2.06. The van der Waals surface area contributed by atoms with Crippen LogP contribution in [0.5, 0.6) is 0 Å². The minimum Gasteiger partial charge on any atom is -0.307 e. The van der Waals surface area contributed by atoms with Gasteiger partial charge in [-0.3, -0.25) is 4.98 Å². The molecule has 0 aliphatic rings. The van der Waals surface area contributed by atoms with Gasteiger partial charge in [0, 0.05) is 29.4 Å². The van der Waals surface area contributed by atoms with Gasteiger partial charge < -0.3 is 4.40 Å². The van der Waals surface area contributed by atoms with Crippen LogP contribution in [0, 0.1) is 18.3 Å². The Morgan fingerprint density at radius 1 is 1.31 bits per heavy atom. The molecule has 0 aliphatic heterocycles. The van der Waals surface area contributed by atoms with E-state index in [1.54, 1.807) is 12.4 Å². The quantitative estimate of drug-likeness (QED) is 0.568. The van der Waals surface area contributed by atoms with Gasteiger partial charge in [0.2, 0.25) is 0 Å². The summed E-state index contributed by atoms with van der Waals surface area (Å²) in [6.07, 6.45) is 5.44. The van der Waals surface area contributed by atoms with Gasteiger partial charge in [0.25, 0.3) is 0 Å². The summed E-state index contributed by atoms with van der Waals surface area (Å²) in [5.74, 6) is 0. The summed E-state index contributed by atoms with van der Waals surface area (Å²) in [6.45, 7) is 2.05. The fourth-order valence-corrected chi connectivity index (χ4v) is 2.06. The van der Waals surface area contributed by atoms with E-state index in [1.165, 1.54) is 5.56 Å². The first-order valence-electron chi connectivity index (χ1n) is 5.06. The molecule has 3 aromatic heterocycles. The van der Waals surface area contributed by atoms with Crippen LogP contribution in [-0.2, 0) is 0 Å². The third-order valence-corrected chi connectivity index (χ3v) is 2.81. The predicted octanol–water partition coefficient (Wildman–Crippen LogP) is 2.67. The number of aryl methyl sites for hydroxylation is 1. The number of aromatic nitrogens is 2. The average Bonchev–Trinajstić information content (AvgIpc) is 2.62. The van der Waals surface area contributed by atoms with Crippen molar-refractivity contribution in [1.82, 2.24) is 9.38 Å². The van der Waals surface area contributed by atoms with Gasteiger partial charge in [-0.15, -0.1) is 0 Å². The number of nitriles is 1. The summed E-state index contributed by atoms with van der Waals surface area (Å²) in [7, 11) is 0. The molecule has 0 saturated carbocycles. The van der Waals surface area contributed by atoms with E-state index in [2.05, 4.69) is 17.1 Å². The largest absolute Gasteiger partial charge is 0.307 e. The first-order chi connectivity index (χ1) is 7.81. The van der Waals surface area contributed by atoms with Crippen molar-refractivity contribution in [3.63, 3.8) is 0 Å². The highest BCUT2D eigenvalue weighted by molar-refractivity contribution is 6.00. The normalized spacial score (nSPS) is 10.8. The van der Waals surface area contributed by atoms with Gasteiger partial charge >= 0.3 is 0 Å². The molecule has 0 spiro atoms. The molecular weight excluding hydrogens is 198 g/mol. The Morgan fingerprint density at radius 3 is 3.00 bits per heavy atom. The number of fused-ring (bicyclic) bond motifs is 3. The van der Waals surface area contributed by atoms with Crippen molar-refractivity contribution in [2.45, 2.75) is 6.92 Å². The summed E-state index contributed by atoms with van der Waals surface area (Å²) in [5.41, 5.74) is 2.90. The highest BCUT2D eigenvalue weighted by Crippen LogP contribution is 2.25. The van der Waals surface area contributed by atoms with Crippen molar-refractivity contribution in [3.8, 4) is 6.07 Å². The highest BCUT2D eigenvalue weighted by atomic mass is 14.9. The molecule has 3 heteroatoms. The summed E-state index contributed by atoms with van der Waals surface area (Å²) in [4.78, 5) is 4.07. The van der Waals surface area contributed by atoms with Gasteiger partial charge in [0.1, 0.15) is 11.8 Å². The molecule has 76 valence electrons. The van der Waals surface area contributed by atoms with E-state index in [0.717, 1.165) is 16.3 Å². The molecule has 3 heterocycles. The lowest BCUT2D eigenvalue weighted by Gasteiger charge is -1.97. The molecule has 0 bridgehead atoms. The van der Waals surface area contributed by atoms with Gasteiger partial charge in [0.15, 0.2) is 0 Å². The van der Waals surface area contributed by atoms with Gasteiger partial charge in [-0.05, 0) is 30.7 Å². The number of hydrogen-bond donors (Lipinski definition) is 0. The summed E-state index contributed by atoms with van der Waals surface area (Å²) < 4.78 is 1.92. The van der Waals surface area contributed by atoms with E-state index in [9.17, 15) is 5.26 Å². The van der Waals surface area contributed by atoms with Crippen LogP contribution in [0.25, 0.3) is 16.3 Å². The zero-order valence-corrected chi connectivity index (χ0v) is 8.81. The third kappa shape index (κ3) is 1.04. The summed E-state index contributed by atoms with van der Waals surface area (Å²) >= 11 is 0. The zero-order chi connectivity index (χ0) is 11.1. The first-order valence-corrected chi connectivity index (χ1v) is 5.06. The molecule has 0 amide bonds. The summed E-state index contributed by atoms with van der Waals surface area (Å²) in [6, 6.07) is 8.27. The van der Waals surface area contributed by atoms with Crippen molar-refractivity contribution in [3.05, 3.63) is 48.0 Å². The van der Waals surface area contributed by atoms with Gasteiger partial charge in [-0.2, -0.15) is 5.26 Å². The lowest BCUT2D eigenvalue weighted by atomic mass is 10.2. The van der Waals surface area contributed by atoms with Crippen molar-refractivity contribution >= 4 is 16.3 Å². The van der Waals surface area contributed by atoms with E-state index in [-0.39, 0.29) is 0 Å². The number of rotatable bonds is 0. The molecule has 0 fully saturated rings. The monoisotopic (exact) mass is 207 g/mol. The Balaban J connectivity index is 2.65. The maximum absolute atomic E-state index is 9.19. The van der Waals surface area contributed by atoms with Gasteiger partial charge in [-0.25, -0.2) is 0 Å². The predicted molar refractivity (Wildman–Crippen MR) is 62.2 cm³/mol. The van der Waals surface area contributed by atoms with Gasteiger partial charge in [-0.1, -0.05) is 0 Å². The number of pyridine rings is 2.